The molecule has 0 saturated carbocycles. The van der Waals surface area contributed by atoms with Crippen LogP contribution in [-0.4, -0.2) is 13.1 Å². The van der Waals surface area contributed by atoms with E-state index in [9.17, 15) is 4.79 Å². The van der Waals surface area contributed by atoms with Gasteiger partial charge in [0.15, 0.2) is 0 Å². The third-order valence-electron chi connectivity index (χ3n) is 6.13. The van der Waals surface area contributed by atoms with Gasteiger partial charge in [0.05, 0.1) is 7.11 Å². The summed E-state index contributed by atoms with van der Waals surface area (Å²) in [4.78, 5) is 12.0. The molecular weight excluding hydrogens is 432 g/mol. The van der Waals surface area contributed by atoms with Crippen LogP contribution in [0.1, 0.15) is 85.3 Å². The lowest BCUT2D eigenvalue weighted by molar-refractivity contribution is -0.140. The van der Waals surface area contributed by atoms with Crippen LogP contribution < -0.4 is 10.6 Å². The third kappa shape index (κ3) is 8.31. The highest BCUT2D eigenvalue weighted by molar-refractivity contribution is 5.69. The molecule has 0 radical (unpaired) electrons. The number of para-hydroxylation sites is 2. The Balaban J connectivity index is 2.39. The van der Waals surface area contributed by atoms with Gasteiger partial charge in [-0.2, -0.15) is 0 Å². The van der Waals surface area contributed by atoms with Crippen molar-refractivity contribution >= 4 is 17.3 Å². The Labute approximate surface area is 212 Å². The molecule has 0 atom stereocenters. The van der Waals surface area contributed by atoms with E-state index in [1.165, 1.54) is 18.2 Å². The molecule has 0 aliphatic heterocycles. The summed E-state index contributed by atoms with van der Waals surface area (Å²) in [5.74, 6) is -0.204. The average molecular weight is 477 g/mol. The zero-order valence-electron chi connectivity index (χ0n) is 23.0. The van der Waals surface area contributed by atoms with Gasteiger partial charge in [0.1, 0.15) is 0 Å². The van der Waals surface area contributed by atoms with Crippen molar-refractivity contribution in [2.75, 3.05) is 17.7 Å². The molecule has 190 valence electrons. The maximum atomic E-state index is 12.0. The summed E-state index contributed by atoms with van der Waals surface area (Å²) >= 11 is 0. The number of carbonyl (C=O) groups is 1. The van der Waals surface area contributed by atoms with Gasteiger partial charge in [-0.05, 0) is 52.5 Å². The number of esters is 1. The van der Waals surface area contributed by atoms with E-state index in [2.05, 4.69) is 108 Å². The zero-order chi connectivity index (χ0) is 26.2. The predicted molar refractivity (Wildman–Crippen MR) is 150 cm³/mol. The van der Waals surface area contributed by atoms with Crippen molar-refractivity contribution in [2.45, 2.75) is 85.0 Å². The Bertz CT molecular complexity index is 1050. The third-order valence-corrected chi connectivity index (χ3v) is 6.13. The molecule has 0 heterocycles. The van der Waals surface area contributed by atoms with E-state index in [1.807, 2.05) is 6.07 Å². The number of hydrogen-bond acceptors (Lipinski definition) is 4. The summed E-state index contributed by atoms with van der Waals surface area (Å²) in [5.41, 5.74) is 7.88. The van der Waals surface area contributed by atoms with Crippen LogP contribution in [-0.2, 0) is 20.4 Å². The van der Waals surface area contributed by atoms with Crippen LogP contribution in [0, 0.1) is 0 Å². The highest BCUT2D eigenvalue weighted by Gasteiger charge is 2.20. The molecule has 0 fully saturated rings. The van der Waals surface area contributed by atoms with Crippen LogP contribution in [0.3, 0.4) is 0 Å². The number of anilines is 2. The van der Waals surface area contributed by atoms with Crippen molar-refractivity contribution in [3.63, 3.8) is 0 Å². The molecule has 0 spiro atoms. The van der Waals surface area contributed by atoms with Crippen LogP contribution in [0.25, 0.3) is 0 Å². The Hall–Kier alpha value is -3.01. The lowest BCUT2D eigenvalue weighted by atomic mass is 9.85. The van der Waals surface area contributed by atoms with E-state index in [0.717, 1.165) is 34.8 Å². The Kier molecular flexibility index (Phi) is 9.76. The molecule has 0 bridgehead atoms. The fraction of sp³-hybridized carbons (Fsp3) is 0.452. The lowest BCUT2D eigenvalue weighted by Crippen LogP contribution is -2.16. The second kappa shape index (κ2) is 12.1. The second-order valence-electron chi connectivity index (χ2n) is 11.1. The first-order valence-corrected chi connectivity index (χ1v) is 12.5. The summed E-state index contributed by atoms with van der Waals surface area (Å²) < 4.78 is 4.93. The molecule has 0 aromatic heterocycles. The van der Waals surface area contributed by atoms with Gasteiger partial charge in [0.25, 0.3) is 0 Å². The van der Waals surface area contributed by atoms with Gasteiger partial charge in [0, 0.05) is 35.6 Å². The monoisotopic (exact) mass is 476 g/mol. The van der Waals surface area contributed by atoms with E-state index >= 15 is 0 Å². The Morgan fingerprint density at radius 3 is 1.77 bits per heavy atom. The van der Waals surface area contributed by atoms with Gasteiger partial charge in [-0.3, -0.25) is 4.79 Å². The molecule has 4 heteroatoms. The number of carbonyl (C=O) groups excluding carboxylic acids is 1. The van der Waals surface area contributed by atoms with Gasteiger partial charge in [-0.1, -0.05) is 91.4 Å². The van der Waals surface area contributed by atoms with Gasteiger partial charge in [-0.15, -0.1) is 0 Å². The number of rotatable bonds is 10. The molecule has 0 aliphatic carbocycles. The van der Waals surface area contributed by atoms with Gasteiger partial charge in [-0.25, -0.2) is 0 Å². The van der Waals surface area contributed by atoms with Crippen molar-refractivity contribution < 1.29 is 9.53 Å². The standard InChI is InChI=1S/C31H44N2O2/c1-10-26(33-28-18-14-12-16-25(28)31(6,7)8)23(19-20-29(34)35-9)21-22(2)32-27-17-13-11-15-24(27)30(3,4)5/h11-18,32-33H,2,10,19-21H2,1,3-9H3/b26-23+. The second-order valence-corrected chi connectivity index (χ2v) is 11.1. The first kappa shape index (κ1) is 28.2. The summed E-state index contributed by atoms with van der Waals surface area (Å²) in [5, 5.41) is 7.26. The maximum absolute atomic E-state index is 12.0. The average Bonchev–Trinajstić information content (AvgIpc) is 2.79. The SMILES string of the molecule is C=C(C/C(CCC(=O)OC)=C(\CC)Nc1ccccc1C(C)(C)C)Nc1ccccc1C(C)(C)C. The number of methoxy groups -OCH3 is 1. The zero-order valence-corrected chi connectivity index (χ0v) is 23.0. The molecule has 2 rings (SSSR count). The highest BCUT2D eigenvalue weighted by atomic mass is 16.5. The van der Waals surface area contributed by atoms with Crippen molar-refractivity contribution in [2.24, 2.45) is 0 Å². The molecule has 4 nitrogen and oxygen atoms in total. The normalized spacial score (nSPS) is 12.6. The number of allylic oxidation sites excluding steroid dienone is 2. The van der Waals surface area contributed by atoms with Crippen LogP contribution in [0.2, 0.25) is 0 Å². The topological polar surface area (TPSA) is 50.4 Å². The van der Waals surface area contributed by atoms with Gasteiger partial charge in [0.2, 0.25) is 0 Å². The van der Waals surface area contributed by atoms with E-state index in [1.54, 1.807) is 0 Å². The van der Waals surface area contributed by atoms with E-state index < -0.39 is 0 Å². The first-order chi connectivity index (χ1) is 16.4. The van der Waals surface area contributed by atoms with Crippen molar-refractivity contribution in [1.82, 2.24) is 0 Å². The molecule has 0 saturated heterocycles. The fourth-order valence-electron chi connectivity index (χ4n) is 4.27. The van der Waals surface area contributed by atoms with E-state index in [0.29, 0.717) is 19.3 Å². The number of hydrogen-bond donors (Lipinski definition) is 2. The van der Waals surface area contributed by atoms with Crippen LogP contribution in [0.15, 0.2) is 72.1 Å². The van der Waals surface area contributed by atoms with Crippen LogP contribution >= 0.6 is 0 Å². The molecule has 2 aromatic carbocycles. The number of benzene rings is 2. The molecule has 35 heavy (non-hydrogen) atoms. The quantitative estimate of drug-likeness (QED) is 0.338. The molecule has 0 aliphatic rings. The predicted octanol–water partition coefficient (Wildman–Crippen LogP) is 8.33. The molecular formula is C31H44N2O2. The maximum Gasteiger partial charge on any atom is 0.305 e. The summed E-state index contributed by atoms with van der Waals surface area (Å²) in [6.07, 6.45) is 2.41. The molecule has 0 unspecified atom stereocenters. The summed E-state index contributed by atoms with van der Waals surface area (Å²) in [6.45, 7) is 19.8. The number of nitrogens with one attached hydrogen (secondary N) is 2. The Morgan fingerprint density at radius 2 is 1.31 bits per heavy atom. The Morgan fingerprint density at radius 1 is 0.829 bits per heavy atom. The first-order valence-electron chi connectivity index (χ1n) is 12.5. The fourth-order valence-corrected chi connectivity index (χ4v) is 4.27. The van der Waals surface area contributed by atoms with E-state index in [4.69, 9.17) is 4.74 Å². The smallest absolute Gasteiger partial charge is 0.305 e. The lowest BCUT2D eigenvalue weighted by Gasteiger charge is -2.26. The minimum absolute atomic E-state index is 0.0104. The minimum Gasteiger partial charge on any atom is -0.469 e. The largest absolute Gasteiger partial charge is 0.469 e. The number of ether oxygens (including phenoxy) is 1. The van der Waals surface area contributed by atoms with Crippen molar-refractivity contribution in [1.29, 1.82) is 0 Å². The molecule has 2 N–H and O–H groups in total. The van der Waals surface area contributed by atoms with Gasteiger partial charge >= 0.3 is 5.97 Å². The van der Waals surface area contributed by atoms with Crippen LogP contribution in [0.4, 0.5) is 11.4 Å². The van der Waals surface area contributed by atoms with Gasteiger partial charge < -0.3 is 15.4 Å². The summed E-state index contributed by atoms with van der Waals surface area (Å²) in [7, 11) is 1.44. The van der Waals surface area contributed by atoms with Crippen molar-refractivity contribution in [3.05, 3.63) is 83.2 Å². The van der Waals surface area contributed by atoms with Crippen LogP contribution in [0.5, 0.6) is 0 Å². The van der Waals surface area contributed by atoms with Crippen molar-refractivity contribution in [3.8, 4) is 0 Å². The molecule has 0 amide bonds. The molecule has 2 aromatic rings. The van der Waals surface area contributed by atoms with E-state index in [-0.39, 0.29) is 16.8 Å². The summed E-state index contributed by atoms with van der Waals surface area (Å²) in [6, 6.07) is 16.8. The minimum atomic E-state index is -0.204. The highest BCUT2D eigenvalue weighted by Crippen LogP contribution is 2.33.